The lowest BCUT2D eigenvalue weighted by atomic mass is 10.1. The van der Waals surface area contributed by atoms with Gasteiger partial charge < -0.3 is 5.73 Å². The quantitative estimate of drug-likeness (QED) is 0.672. The lowest BCUT2D eigenvalue weighted by molar-refractivity contribution is 0.976. The smallest absolute Gasteiger partial charge is 0.174 e. The number of nitrogens with two attached hydrogens (primary N) is 1. The average molecular weight is 251 g/mol. The fraction of sp³-hybridized carbons (Fsp3) is 0.273. The van der Waals surface area contributed by atoms with Gasteiger partial charge in [0.15, 0.2) is 4.34 Å². The van der Waals surface area contributed by atoms with E-state index in [1.807, 2.05) is 19.1 Å². The van der Waals surface area contributed by atoms with Crippen LogP contribution in [0.1, 0.15) is 22.7 Å². The summed E-state index contributed by atoms with van der Waals surface area (Å²) in [6.07, 6.45) is 0. The number of aromatic nitrogens is 2. The molecule has 1 unspecified atom stereocenters. The Morgan fingerprint density at radius 1 is 1.25 bits per heavy atom. The molecular formula is C11H13N3S2. The monoisotopic (exact) mass is 251 g/mol. The standard InChI is InChI=1S/C11H13N3S2/c1-7(9-3-5-10(12)6-4-9)15-11-14-13-8(2)16-11/h3-7H,12H2,1-2H3. The molecule has 5 heteroatoms. The molecule has 1 heterocycles. The molecule has 0 aliphatic rings. The van der Waals surface area contributed by atoms with Crippen molar-refractivity contribution in [1.82, 2.24) is 10.2 Å². The van der Waals surface area contributed by atoms with Crippen molar-refractivity contribution >= 4 is 28.8 Å². The maximum absolute atomic E-state index is 5.66. The van der Waals surface area contributed by atoms with Crippen LogP contribution in [0, 0.1) is 6.92 Å². The van der Waals surface area contributed by atoms with Gasteiger partial charge in [0.1, 0.15) is 5.01 Å². The first-order chi connectivity index (χ1) is 7.65. The minimum atomic E-state index is 0.368. The summed E-state index contributed by atoms with van der Waals surface area (Å²) >= 11 is 3.36. The van der Waals surface area contributed by atoms with Gasteiger partial charge in [-0.2, -0.15) is 0 Å². The Kier molecular flexibility index (Phi) is 3.46. The first-order valence-corrected chi connectivity index (χ1v) is 6.67. The molecule has 1 aromatic carbocycles. The van der Waals surface area contributed by atoms with Crippen LogP contribution in [-0.4, -0.2) is 10.2 Å². The lowest BCUT2D eigenvalue weighted by Gasteiger charge is -2.09. The van der Waals surface area contributed by atoms with E-state index in [2.05, 4.69) is 29.3 Å². The molecule has 16 heavy (non-hydrogen) atoms. The number of anilines is 1. The Labute approximate surface area is 103 Å². The van der Waals surface area contributed by atoms with E-state index in [1.54, 1.807) is 23.1 Å². The Hall–Kier alpha value is -1.07. The average Bonchev–Trinajstić information content (AvgIpc) is 2.65. The third kappa shape index (κ3) is 2.74. The van der Waals surface area contributed by atoms with Gasteiger partial charge in [-0.3, -0.25) is 0 Å². The molecule has 0 amide bonds. The minimum Gasteiger partial charge on any atom is -0.399 e. The molecule has 3 nitrogen and oxygen atoms in total. The summed E-state index contributed by atoms with van der Waals surface area (Å²) < 4.78 is 1.02. The van der Waals surface area contributed by atoms with Crippen LogP contribution in [-0.2, 0) is 0 Å². The van der Waals surface area contributed by atoms with Crippen molar-refractivity contribution in [3.8, 4) is 0 Å². The summed E-state index contributed by atoms with van der Waals surface area (Å²) in [5.74, 6) is 0. The van der Waals surface area contributed by atoms with Gasteiger partial charge in [0.2, 0.25) is 0 Å². The molecule has 84 valence electrons. The van der Waals surface area contributed by atoms with Crippen LogP contribution < -0.4 is 5.73 Å². The molecule has 0 aliphatic carbocycles. The lowest BCUT2D eigenvalue weighted by Crippen LogP contribution is -1.90. The molecule has 0 radical (unpaired) electrons. The number of benzene rings is 1. The topological polar surface area (TPSA) is 51.8 Å². The minimum absolute atomic E-state index is 0.368. The van der Waals surface area contributed by atoms with Gasteiger partial charge in [0, 0.05) is 10.9 Å². The zero-order valence-electron chi connectivity index (χ0n) is 9.18. The Morgan fingerprint density at radius 2 is 1.94 bits per heavy atom. The fourth-order valence-corrected chi connectivity index (χ4v) is 3.40. The number of thioether (sulfide) groups is 1. The zero-order valence-corrected chi connectivity index (χ0v) is 10.8. The van der Waals surface area contributed by atoms with E-state index in [9.17, 15) is 0 Å². The molecule has 0 saturated carbocycles. The second kappa shape index (κ2) is 4.84. The Balaban J connectivity index is 2.08. The predicted octanol–water partition coefficient (Wildman–Crippen LogP) is 3.28. The number of nitrogens with zero attached hydrogens (tertiary/aromatic N) is 2. The molecule has 1 aromatic heterocycles. The highest BCUT2D eigenvalue weighted by atomic mass is 32.2. The van der Waals surface area contributed by atoms with Gasteiger partial charge in [-0.15, -0.1) is 10.2 Å². The highest BCUT2D eigenvalue weighted by Crippen LogP contribution is 2.36. The summed E-state index contributed by atoms with van der Waals surface area (Å²) in [4.78, 5) is 0. The van der Waals surface area contributed by atoms with Crippen molar-refractivity contribution in [2.75, 3.05) is 5.73 Å². The molecule has 0 saturated heterocycles. The number of rotatable bonds is 3. The van der Waals surface area contributed by atoms with Crippen LogP contribution in [0.2, 0.25) is 0 Å². The van der Waals surface area contributed by atoms with E-state index < -0.39 is 0 Å². The van der Waals surface area contributed by atoms with Crippen molar-refractivity contribution in [2.24, 2.45) is 0 Å². The number of nitrogen functional groups attached to an aromatic ring is 1. The maximum Gasteiger partial charge on any atom is 0.174 e. The van der Waals surface area contributed by atoms with E-state index in [0.717, 1.165) is 15.0 Å². The molecular weight excluding hydrogens is 238 g/mol. The highest BCUT2D eigenvalue weighted by molar-refractivity contribution is 8.01. The second-order valence-corrected chi connectivity index (χ2v) is 6.28. The van der Waals surface area contributed by atoms with Crippen LogP contribution >= 0.6 is 23.1 Å². The van der Waals surface area contributed by atoms with E-state index >= 15 is 0 Å². The first-order valence-electron chi connectivity index (χ1n) is 4.97. The molecule has 2 rings (SSSR count). The highest BCUT2D eigenvalue weighted by Gasteiger charge is 2.10. The normalized spacial score (nSPS) is 12.6. The van der Waals surface area contributed by atoms with Crippen molar-refractivity contribution in [2.45, 2.75) is 23.4 Å². The number of aryl methyl sites for hydroxylation is 1. The molecule has 2 N–H and O–H groups in total. The van der Waals surface area contributed by atoms with Gasteiger partial charge in [-0.1, -0.05) is 35.2 Å². The van der Waals surface area contributed by atoms with Crippen molar-refractivity contribution < 1.29 is 0 Å². The Morgan fingerprint density at radius 3 is 2.50 bits per heavy atom. The molecule has 0 aliphatic heterocycles. The van der Waals surface area contributed by atoms with Gasteiger partial charge in [-0.05, 0) is 31.5 Å². The van der Waals surface area contributed by atoms with E-state index in [1.165, 1.54) is 5.56 Å². The van der Waals surface area contributed by atoms with Crippen LogP contribution in [0.3, 0.4) is 0 Å². The summed E-state index contributed by atoms with van der Waals surface area (Å²) in [6.45, 7) is 4.13. The van der Waals surface area contributed by atoms with E-state index in [-0.39, 0.29) is 0 Å². The summed E-state index contributed by atoms with van der Waals surface area (Å²) in [5.41, 5.74) is 7.71. The van der Waals surface area contributed by atoms with Crippen LogP contribution in [0.15, 0.2) is 28.6 Å². The van der Waals surface area contributed by atoms with Gasteiger partial charge >= 0.3 is 0 Å². The summed E-state index contributed by atoms with van der Waals surface area (Å²) in [7, 11) is 0. The van der Waals surface area contributed by atoms with Gasteiger partial charge in [0.25, 0.3) is 0 Å². The van der Waals surface area contributed by atoms with Crippen molar-refractivity contribution in [1.29, 1.82) is 0 Å². The zero-order chi connectivity index (χ0) is 11.5. The third-order valence-corrected chi connectivity index (χ3v) is 4.27. The van der Waals surface area contributed by atoms with Crippen LogP contribution in [0.25, 0.3) is 0 Å². The number of hydrogen-bond donors (Lipinski definition) is 1. The maximum atomic E-state index is 5.66. The second-order valence-electron chi connectivity index (χ2n) is 3.51. The molecule has 0 bridgehead atoms. The first kappa shape index (κ1) is 11.4. The third-order valence-electron chi connectivity index (χ3n) is 2.19. The predicted molar refractivity (Wildman–Crippen MR) is 69.8 cm³/mol. The number of hydrogen-bond acceptors (Lipinski definition) is 5. The van der Waals surface area contributed by atoms with E-state index in [0.29, 0.717) is 5.25 Å². The molecule has 2 aromatic rings. The van der Waals surface area contributed by atoms with Crippen molar-refractivity contribution in [3.05, 3.63) is 34.8 Å². The van der Waals surface area contributed by atoms with Crippen molar-refractivity contribution in [3.63, 3.8) is 0 Å². The van der Waals surface area contributed by atoms with Crippen LogP contribution in [0.4, 0.5) is 5.69 Å². The molecule has 0 fully saturated rings. The Bertz CT molecular complexity index is 464. The molecule has 1 atom stereocenters. The summed E-state index contributed by atoms with van der Waals surface area (Å²) in [5, 5.41) is 9.49. The molecule has 0 spiro atoms. The summed E-state index contributed by atoms with van der Waals surface area (Å²) in [6, 6.07) is 7.97. The van der Waals surface area contributed by atoms with Gasteiger partial charge in [-0.25, -0.2) is 0 Å². The van der Waals surface area contributed by atoms with Crippen LogP contribution in [0.5, 0.6) is 0 Å². The SMILES string of the molecule is Cc1nnc(SC(C)c2ccc(N)cc2)s1. The van der Waals surface area contributed by atoms with E-state index in [4.69, 9.17) is 5.73 Å². The van der Waals surface area contributed by atoms with Gasteiger partial charge in [0.05, 0.1) is 0 Å². The fourth-order valence-electron chi connectivity index (χ4n) is 1.31. The largest absolute Gasteiger partial charge is 0.399 e.